The molecule has 2 aromatic rings. The number of hydrogen-bond acceptors (Lipinski definition) is 6. The molecule has 2 amide bonds. The number of rotatable bonds is 11. The minimum Gasteiger partial charge on any atom is -0.450 e. The Morgan fingerprint density at radius 2 is 1.63 bits per heavy atom. The van der Waals surface area contributed by atoms with Crippen LogP contribution in [0.2, 0.25) is 25.7 Å². The van der Waals surface area contributed by atoms with Crippen molar-refractivity contribution in [1.82, 2.24) is 14.5 Å². The lowest BCUT2D eigenvalue weighted by Gasteiger charge is -2.40. The van der Waals surface area contributed by atoms with Crippen LogP contribution in [0.3, 0.4) is 0 Å². The highest BCUT2D eigenvalue weighted by molar-refractivity contribution is 7.89. The Kier molecular flexibility index (Phi) is 11.1. The van der Waals surface area contributed by atoms with Crippen LogP contribution in [-0.4, -0.2) is 76.2 Å². The van der Waals surface area contributed by atoms with Gasteiger partial charge in [0.25, 0.3) is 0 Å². The van der Waals surface area contributed by atoms with Gasteiger partial charge in [0.1, 0.15) is 6.61 Å². The van der Waals surface area contributed by atoms with Crippen LogP contribution >= 0.6 is 0 Å². The Hall–Kier alpha value is -3.15. The molecule has 3 atom stereocenters. The van der Waals surface area contributed by atoms with Gasteiger partial charge < -0.3 is 19.7 Å². The molecule has 1 N–H and O–H groups in total. The first-order valence-electron chi connectivity index (χ1n) is 15.0. The Morgan fingerprint density at radius 1 is 0.953 bits per heavy atom. The number of hydrogen-bond donors (Lipinski definition) is 1. The average molecular weight is 628 g/mol. The molecule has 0 radical (unpaired) electrons. The molecule has 9 nitrogen and oxygen atoms in total. The molecule has 1 aliphatic carbocycles. The van der Waals surface area contributed by atoms with Gasteiger partial charge in [-0.3, -0.25) is 0 Å². The van der Waals surface area contributed by atoms with E-state index in [0.29, 0.717) is 25.9 Å². The van der Waals surface area contributed by atoms with Gasteiger partial charge in [0.2, 0.25) is 10.0 Å². The van der Waals surface area contributed by atoms with Crippen LogP contribution in [-0.2, 0) is 26.1 Å². The monoisotopic (exact) mass is 627 g/mol. The van der Waals surface area contributed by atoms with Gasteiger partial charge >= 0.3 is 12.2 Å². The summed E-state index contributed by atoms with van der Waals surface area (Å²) in [5.74, 6) is 0.0960. The molecule has 11 heteroatoms. The maximum absolute atomic E-state index is 13.7. The van der Waals surface area contributed by atoms with Crippen molar-refractivity contribution >= 4 is 30.3 Å². The maximum Gasteiger partial charge on any atom is 0.410 e. The first-order valence-corrected chi connectivity index (χ1v) is 20.2. The van der Waals surface area contributed by atoms with Crippen molar-refractivity contribution < 1.29 is 27.5 Å². The number of carbonyl (C=O) groups is 2. The van der Waals surface area contributed by atoms with Gasteiger partial charge in [0.05, 0.1) is 11.5 Å². The zero-order valence-corrected chi connectivity index (χ0v) is 27.4. The van der Waals surface area contributed by atoms with Gasteiger partial charge in [0.15, 0.2) is 0 Å². The van der Waals surface area contributed by atoms with E-state index in [9.17, 15) is 18.0 Å². The van der Waals surface area contributed by atoms with Crippen molar-refractivity contribution in [2.24, 2.45) is 5.92 Å². The lowest BCUT2D eigenvalue weighted by Crippen LogP contribution is -2.56. The number of sulfonamides is 1. The number of piperazine rings is 1. The van der Waals surface area contributed by atoms with Gasteiger partial charge in [-0.15, -0.1) is 0 Å². The first-order chi connectivity index (χ1) is 20.4. The van der Waals surface area contributed by atoms with E-state index in [1.165, 1.54) is 4.31 Å². The van der Waals surface area contributed by atoms with Gasteiger partial charge in [-0.2, -0.15) is 4.31 Å². The van der Waals surface area contributed by atoms with E-state index in [-0.39, 0.29) is 43.1 Å². The number of nitrogens with zero attached hydrogens (tertiary/aromatic N) is 2. The number of ether oxygens (including phenoxy) is 2. The third-order valence-corrected chi connectivity index (χ3v) is 11.8. The Balaban J connectivity index is 1.43. The van der Waals surface area contributed by atoms with Crippen LogP contribution in [0.5, 0.6) is 0 Å². The van der Waals surface area contributed by atoms with E-state index in [1.807, 2.05) is 30.3 Å². The van der Waals surface area contributed by atoms with Crippen molar-refractivity contribution in [3.8, 4) is 0 Å². The Morgan fingerprint density at radius 3 is 2.30 bits per heavy atom. The van der Waals surface area contributed by atoms with Gasteiger partial charge in [0, 0.05) is 39.8 Å². The lowest BCUT2D eigenvalue weighted by molar-refractivity contribution is 0.0674. The average Bonchev–Trinajstić information content (AvgIpc) is 3.33. The molecule has 2 aliphatic rings. The smallest absolute Gasteiger partial charge is 0.410 e. The number of amides is 2. The summed E-state index contributed by atoms with van der Waals surface area (Å²) in [6.07, 6.45) is 1.73. The van der Waals surface area contributed by atoms with Crippen LogP contribution in [0.1, 0.15) is 31.2 Å². The van der Waals surface area contributed by atoms with Gasteiger partial charge in [-0.1, -0.05) is 80.3 Å². The summed E-state index contributed by atoms with van der Waals surface area (Å²) in [4.78, 5) is 27.4. The van der Waals surface area contributed by atoms with E-state index < -0.39 is 36.3 Å². The molecule has 0 aromatic heterocycles. The van der Waals surface area contributed by atoms with E-state index in [4.69, 9.17) is 9.47 Å². The van der Waals surface area contributed by atoms with E-state index in [2.05, 4.69) is 31.5 Å². The second-order valence-corrected chi connectivity index (χ2v) is 20.3. The van der Waals surface area contributed by atoms with Crippen molar-refractivity contribution in [3.05, 3.63) is 78.4 Å². The predicted molar refractivity (Wildman–Crippen MR) is 170 cm³/mol. The minimum absolute atomic E-state index is 0.0960. The largest absolute Gasteiger partial charge is 0.450 e. The molecule has 234 valence electrons. The number of carbonyl (C=O) groups excluding carboxylic acids is 2. The zero-order chi connectivity index (χ0) is 31.0. The van der Waals surface area contributed by atoms with E-state index >= 15 is 0 Å². The second kappa shape index (κ2) is 14.5. The maximum atomic E-state index is 13.7. The summed E-state index contributed by atoms with van der Waals surface area (Å²) in [6, 6.07) is 18.2. The van der Waals surface area contributed by atoms with Crippen LogP contribution in [0.4, 0.5) is 9.59 Å². The number of benzene rings is 2. The third-order valence-electron chi connectivity index (χ3n) is 8.13. The highest BCUT2D eigenvalue weighted by Gasteiger charge is 2.39. The predicted octanol–water partition coefficient (Wildman–Crippen LogP) is 5.88. The molecule has 1 saturated carbocycles. The molecule has 0 bridgehead atoms. The minimum atomic E-state index is -3.78. The molecule has 1 aliphatic heterocycles. The van der Waals surface area contributed by atoms with E-state index in [0.717, 1.165) is 23.6 Å². The topological polar surface area (TPSA) is 105 Å². The first kappa shape index (κ1) is 32.8. The molecule has 4 rings (SSSR count). The van der Waals surface area contributed by atoms with Crippen LogP contribution in [0.15, 0.2) is 77.7 Å². The van der Waals surface area contributed by atoms with Crippen LogP contribution in [0, 0.1) is 5.92 Å². The van der Waals surface area contributed by atoms with E-state index in [1.54, 1.807) is 35.2 Å². The summed E-state index contributed by atoms with van der Waals surface area (Å²) in [5, 5.41) is 3.04. The summed E-state index contributed by atoms with van der Waals surface area (Å²) >= 11 is 0. The molecule has 43 heavy (non-hydrogen) atoms. The summed E-state index contributed by atoms with van der Waals surface area (Å²) in [7, 11) is -5.09. The number of nitrogens with one attached hydrogen (secondary N) is 1. The second-order valence-electron chi connectivity index (χ2n) is 12.8. The van der Waals surface area contributed by atoms with Crippen molar-refractivity contribution in [3.63, 3.8) is 0 Å². The van der Waals surface area contributed by atoms with Crippen molar-refractivity contribution in [1.29, 1.82) is 0 Å². The summed E-state index contributed by atoms with van der Waals surface area (Å²) < 4.78 is 40.0. The van der Waals surface area contributed by atoms with Crippen molar-refractivity contribution in [2.45, 2.75) is 75.0 Å². The molecule has 2 fully saturated rings. The quantitative estimate of drug-likeness (QED) is 0.247. The highest BCUT2D eigenvalue weighted by Crippen LogP contribution is 2.35. The zero-order valence-electron chi connectivity index (χ0n) is 25.5. The standard InChI is InChI=1S/C32H45N3O6SSi/c1-25-21-27(30(22-25)33-31(36)40-19-20-43(2,3)4)15-16-28-23-34(32(37)41-24-26-11-7-5-8-12-26)17-18-35(28)42(38,39)29-13-9-6-10-14-29/h5-14,27-28,30H,1,15-24H2,2-4H3,(H,33,36). The molecular weight excluding hydrogens is 583 g/mol. The summed E-state index contributed by atoms with van der Waals surface area (Å²) in [6.45, 7) is 12.1. The molecule has 1 heterocycles. The van der Waals surface area contributed by atoms with Gasteiger partial charge in [-0.05, 0) is 55.3 Å². The highest BCUT2D eigenvalue weighted by atomic mass is 32.2. The molecule has 1 saturated heterocycles. The molecule has 3 unspecified atom stereocenters. The third kappa shape index (κ3) is 9.41. The SMILES string of the molecule is C=C1CC(CCC2CN(C(=O)OCc3ccccc3)CCN2S(=O)(=O)c2ccccc2)C(NC(=O)OCC[Si](C)(C)C)C1. The van der Waals surface area contributed by atoms with Crippen LogP contribution < -0.4 is 5.32 Å². The fourth-order valence-electron chi connectivity index (χ4n) is 5.69. The Labute approximate surface area is 257 Å². The molecule has 2 aromatic carbocycles. The molecular formula is C32H45N3O6SSi. The van der Waals surface area contributed by atoms with Crippen LogP contribution in [0.25, 0.3) is 0 Å². The van der Waals surface area contributed by atoms with Gasteiger partial charge in [-0.25, -0.2) is 18.0 Å². The normalized spacial score (nSPS) is 21.4. The van der Waals surface area contributed by atoms with Crippen molar-refractivity contribution in [2.75, 3.05) is 26.2 Å². The fourth-order valence-corrected chi connectivity index (χ4v) is 8.06. The lowest BCUT2D eigenvalue weighted by atomic mass is 9.94. The fraction of sp³-hybridized carbons (Fsp3) is 0.500. The Bertz CT molecular complexity index is 1350. The summed E-state index contributed by atoms with van der Waals surface area (Å²) in [5.41, 5.74) is 1.94. The number of alkyl carbamates (subject to hydrolysis) is 1. The molecule has 0 spiro atoms.